The highest BCUT2D eigenvalue weighted by Crippen LogP contribution is 2.41. The summed E-state index contributed by atoms with van der Waals surface area (Å²) in [6.07, 6.45) is 0. The Balaban J connectivity index is 3.48. The maximum Gasteiger partial charge on any atom is 0.275 e. The van der Waals surface area contributed by atoms with E-state index in [0.29, 0.717) is 11.3 Å². The normalized spacial score (nSPS) is 12.1. The fraction of sp³-hybridized carbons (Fsp3) is 0.571. The molecule has 0 bridgehead atoms. The second-order valence-electron chi connectivity index (χ2n) is 4.80. The number of hydrogen-bond donors (Lipinski definition) is 0. The van der Waals surface area contributed by atoms with Gasteiger partial charge in [-0.05, 0) is 43.5 Å². The Hall–Kier alpha value is -1.12. The van der Waals surface area contributed by atoms with Gasteiger partial charge in [0.25, 0.3) is 5.92 Å². The average Bonchev–Trinajstić information content (AvgIpc) is 2.23. The smallest absolute Gasteiger partial charge is 0.275 e. The first-order chi connectivity index (χ1) is 7.73. The summed E-state index contributed by atoms with van der Waals surface area (Å²) >= 11 is 0. The first kappa shape index (κ1) is 13.9. The van der Waals surface area contributed by atoms with Crippen LogP contribution in [-0.2, 0) is 5.92 Å². The second kappa shape index (κ2) is 4.63. The van der Waals surface area contributed by atoms with Crippen LogP contribution >= 0.6 is 0 Å². The van der Waals surface area contributed by atoms with Crippen LogP contribution in [0.5, 0.6) is 5.75 Å². The molecule has 1 aromatic carbocycles. The third kappa shape index (κ3) is 2.28. The monoisotopic (exact) mass is 242 g/mol. The molecule has 0 aliphatic rings. The van der Waals surface area contributed by atoms with Gasteiger partial charge >= 0.3 is 0 Å². The van der Waals surface area contributed by atoms with Crippen molar-refractivity contribution < 1.29 is 13.5 Å². The SMILES string of the molecule is COc1c(C)cc(C(F)(F)C(C)C)c(C)c1C. The Kier molecular flexibility index (Phi) is 3.80. The molecule has 0 amide bonds. The van der Waals surface area contributed by atoms with Gasteiger partial charge in [0.1, 0.15) is 5.75 Å². The fourth-order valence-corrected chi connectivity index (χ4v) is 2.03. The molecule has 1 rings (SSSR count). The molecule has 0 saturated heterocycles. The molecule has 0 radical (unpaired) electrons. The third-order valence-electron chi connectivity index (χ3n) is 3.31. The van der Waals surface area contributed by atoms with Crippen LogP contribution in [0, 0.1) is 26.7 Å². The lowest BCUT2D eigenvalue weighted by atomic mass is 9.89. The number of aryl methyl sites for hydroxylation is 1. The summed E-state index contributed by atoms with van der Waals surface area (Å²) in [6, 6.07) is 1.54. The van der Waals surface area contributed by atoms with Gasteiger partial charge in [-0.1, -0.05) is 13.8 Å². The summed E-state index contributed by atoms with van der Waals surface area (Å²) in [4.78, 5) is 0. The van der Waals surface area contributed by atoms with Gasteiger partial charge in [-0.25, -0.2) is 8.78 Å². The highest BCUT2D eigenvalue weighted by molar-refractivity contribution is 5.50. The van der Waals surface area contributed by atoms with Crippen LogP contribution in [0.1, 0.15) is 36.1 Å². The van der Waals surface area contributed by atoms with Crippen molar-refractivity contribution in [2.75, 3.05) is 7.11 Å². The van der Waals surface area contributed by atoms with E-state index >= 15 is 0 Å². The number of alkyl halides is 2. The summed E-state index contributed by atoms with van der Waals surface area (Å²) in [6.45, 7) is 8.41. The van der Waals surface area contributed by atoms with E-state index in [9.17, 15) is 8.78 Å². The minimum atomic E-state index is -2.80. The maximum atomic E-state index is 14.1. The summed E-state index contributed by atoms with van der Waals surface area (Å²) in [5.41, 5.74) is 2.28. The zero-order chi connectivity index (χ0) is 13.4. The highest BCUT2D eigenvalue weighted by atomic mass is 19.3. The van der Waals surface area contributed by atoms with Crippen LogP contribution < -0.4 is 4.74 Å². The van der Waals surface area contributed by atoms with Gasteiger partial charge < -0.3 is 4.74 Å². The molecule has 96 valence electrons. The van der Waals surface area contributed by atoms with E-state index in [1.54, 1.807) is 27.0 Å². The van der Waals surface area contributed by atoms with Crippen LogP contribution in [0.15, 0.2) is 6.07 Å². The van der Waals surface area contributed by atoms with E-state index in [1.807, 2.05) is 6.92 Å². The average molecular weight is 242 g/mol. The molecular weight excluding hydrogens is 222 g/mol. The van der Waals surface area contributed by atoms with Gasteiger partial charge in [0.15, 0.2) is 0 Å². The standard InChI is InChI=1S/C14H20F2O/c1-8(2)14(15,16)12-7-9(3)13(17-6)11(5)10(12)4/h7-8H,1-6H3. The lowest BCUT2D eigenvalue weighted by Gasteiger charge is -2.25. The summed E-state index contributed by atoms with van der Waals surface area (Å²) < 4.78 is 33.4. The van der Waals surface area contributed by atoms with E-state index in [-0.39, 0.29) is 5.56 Å². The van der Waals surface area contributed by atoms with Gasteiger partial charge in [-0.2, -0.15) is 0 Å². The highest BCUT2D eigenvalue weighted by Gasteiger charge is 2.37. The second-order valence-corrected chi connectivity index (χ2v) is 4.80. The van der Waals surface area contributed by atoms with Crippen molar-refractivity contribution in [2.24, 2.45) is 5.92 Å². The first-order valence-electron chi connectivity index (χ1n) is 5.76. The van der Waals surface area contributed by atoms with Gasteiger partial charge in [0, 0.05) is 11.5 Å². The molecule has 0 heterocycles. The van der Waals surface area contributed by atoms with E-state index in [2.05, 4.69) is 0 Å². The minimum Gasteiger partial charge on any atom is -0.496 e. The fourth-order valence-electron chi connectivity index (χ4n) is 2.03. The Morgan fingerprint density at radius 2 is 1.65 bits per heavy atom. The van der Waals surface area contributed by atoms with Crippen molar-refractivity contribution in [3.05, 3.63) is 28.3 Å². The molecule has 0 saturated carbocycles. The van der Waals surface area contributed by atoms with Crippen LogP contribution in [-0.4, -0.2) is 7.11 Å². The lowest BCUT2D eigenvalue weighted by molar-refractivity contribution is -0.0520. The van der Waals surface area contributed by atoms with Crippen molar-refractivity contribution in [1.82, 2.24) is 0 Å². The Morgan fingerprint density at radius 1 is 1.12 bits per heavy atom. The number of hydrogen-bond acceptors (Lipinski definition) is 1. The molecule has 0 atom stereocenters. The Bertz CT molecular complexity index is 423. The Labute approximate surface area is 102 Å². The molecule has 3 heteroatoms. The molecule has 17 heavy (non-hydrogen) atoms. The number of ether oxygens (including phenoxy) is 1. The van der Waals surface area contributed by atoms with Crippen molar-refractivity contribution in [2.45, 2.75) is 40.5 Å². The summed E-state index contributed by atoms with van der Waals surface area (Å²) in [5.74, 6) is -2.81. The predicted molar refractivity (Wildman–Crippen MR) is 65.9 cm³/mol. The quantitative estimate of drug-likeness (QED) is 0.764. The molecule has 0 aliphatic carbocycles. The topological polar surface area (TPSA) is 9.23 Å². The molecule has 1 aromatic rings. The van der Waals surface area contributed by atoms with Crippen LogP contribution in [0.25, 0.3) is 0 Å². The van der Waals surface area contributed by atoms with E-state index in [0.717, 1.165) is 11.1 Å². The summed E-state index contributed by atoms with van der Waals surface area (Å²) in [5, 5.41) is 0. The van der Waals surface area contributed by atoms with Gasteiger partial charge in [-0.3, -0.25) is 0 Å². The Morgan fingerprint density at radius 3 is 2.06 bits per heavy atom. The van der Waals surface area contributed by atoms with Crippen molar-refractivity contribution >= 4 is 0 Å². The first-order valence-corrected chi connectivity index (χ1v) is 5.76. The number of methoxy groups -OCH3 is 1. The molecule has 0 aromatic heterocycles. The van der Waals surface area contributed by atoms with Crippen molar-refractivity contribution in [3.63, 3.8) is 0 Å². The third-order valence-corrected chi connectivity index (χ3v) is 3.31. The number of benzene rings is 1. The minimum absolute atomic E-state index is 0.114. The van der Waals surface area contributed by atoms with E-state index in [1.165, 1.54) is 13.8 Å². The molecule has 0 fully saturated rings. The predicted octanol–water partition coefficient (Wildman–Crippen LogP) is 4.37. The van der Waals surface area contributed by atoms with E-state index in [4.69, 9.17) is 4.74 Å². The van der Waals surface area contributed by atoms with Gasteiger partial charge in [0.05, 0.1) is 7.11 Å². The number of halogens is 2. The molecule has 0 N–H and O–H groups in total. The molecule has 0 unspecified atom stereocenters. The maximum absolute atomic E-state index is 14.1. The molecule has 0 spiro atoms. The summed E-state index contributed by atoms with van der Waals surface area (Å²) in [7, 11) is 1.56. The van der Waals surface area contributed by atoms with Crippen LogP contribution in [0.3, 0.4) is 0 Å². The van der Waals surface area contributed by atoms with Gasteiger partial charge in [0.2, 0.25) is 0 Å². The largest absolute Gasteiger partial charge is 0.496 e. The van der Waals surface area contributed by atoms with Crippen LogP contribution in [0.4, 0.5) is 8.78 Å². The lowest BCUT2D eigenvalue weighted by Crippen LogP contribution is -2.23. The van der Waals surface area contributed by atoms with Gasteiger partial charge in [-0.15, -0.1) is 0 Å². The zero-order valence-electron chi connectivity index (χ0n) is 11.3. The van der Waals surface area contributed by atoms with E-state index < -0.39 is 11.8 Å². The van der Waals surface area contributed by atoms with Crippen LogP contribution in [0.2, 0.25) is 0 Å². The zero-order valence-corrected chi connectivity index (χ0v) is 11.3. The number of rotatable bonds is 3. The molecule has 0 aliphatic heterocycles. The molecular formula is C14H20F2O. The van der Waals surface area contributed by atoms with Crippen molar-refractivity contribution in [3.8, 4) is 5.75 Å². The molecule has 1 nitrogen and oxygen atoms in total. The van der Waals surface area contributed by atoms with Crippen molar-refractivity contribution in [1.29, 1.82) is 0 Å².